The maximum Gasteiger partial charge on any atom is 0.330 e. The molecule has 0 radical (unpaired) electrons. The highest BCUT2D eigenvalue weighted by Gasteiger charge is 2.25. The maximum atomic E-state index is 13.3. The molecule has 0 bridgehead atoms. The number of aliphatic hydroxyl groups excluding tert-OH is 1. The second kappa shape index (κ2) is 9.19. The Bertz CT molecular complexity index is 1050. The normalized spacial score (nSPS) is 11.6. The van der Waals surface area contributed by atoms with Crippen molar-refractivity contribution in [1.29, 1.82) is 0 Å². The van der Waals surface area contributed by atoms with Crippen molar-refractivity contribution in [3.63, 3.8) is 0 Å². The van der Waals surface area contributed by atoms with Crippen molar-refractivity contribution >= 4 is 11.9 Å². The predicted octanol–water partition coefficient (Wildman–Crippen LogP) is 1.95. The molecule has 8 nitrogen and oxygen atoms in total. The summed E-state index contributed by atoms with van der Waals surface area (Å²) in [6, 6.07) is 11.3. The molecule has 1 amide bonds. The van der Waals surface area contributed by atoms with E-state index < -0.39 is 30.3 Å². The highest BCUT2D eigenvalue weighted by Crippen LogP contribution is 2.27. The van der Waals surface area contributed by atoms with Gasteiger partial charge in [-0.2, -0.15) is 5.10 Å². The minimum atomic E-state index is -1.23. The van der Waals surface area contributed by atoms with Crippen molar-refractivity contribution in [1.82, 2.24) is 15.1 Å². The Balaban J connectivity index is 2.06. The predicted molar refractivity (Wildman–Crippen MR) is 106 cm³/mol. The molecule has 1 atom stereocenters. The number of halogens is 1. The van der Waals surface area contributed by atoms with Crippen LogP contribution in [0.2, 0.25) is 0 Å². The molecular formula is C21H20FN3O5. The number of nitrogens with zero attached hydrogens (tertiary/aromatic N) is 2. The summed E-state index contributed by atoms with van der Waals surface area (Å²) in [5, 5.41) is 16.3. The number of nitrogens with one attached hydrogen (secondary N) is 1. The van der Waals surface area contributed by atoms with Gasteiger partial charge < -0.3 is 19.9 Å². The highest BCUT2D eigenvalue weighted by molar-refractivity contribution is 6.01. The Kier molecular flexibility index (Phi) is 6.43. The molecule has 0 saturated heterocycles. The Morgan fingerprint density at radius 3 is 2.57 bits per heavy atom. The van der Waals surface area contributed by atoms with Gasteiger partial charge in [0.25, 0.3) is 5.91 Å². The van der Waals surface area contributed by atoms with Crippen LogP contribution in [0, 0.1) is 5.82 Å². The Hall–Kier alpha value is -3.72. The van der Waals surface area contributed by atoms with E-state index in [1.165, 1.54) is 42.3 Å². The smallest absolute Gasteiger partial charge is 0.330 e. The minimum Gasteiger partial charge on any atom is -0.497 e. The van der Waals surface area contributed by atoms with Crippen molar-refractivity contribution in [2.45, 2.75) is 6.04 Å². The van der Waals surface area contributed by atoms with Crippen LogP contribution >= 0.6 is 0 Å². The number of hydrogen-bond donors (Lipinski definition) is 2. The molecule has 0 aliphatic heterocycles. The molecule has 0 saturated carbocycles. The van der Waals surface area contributed by atoms with Crippen LogP contribution in [-0.2, 0) is 9.53 Å². The maximum absolute atomic E-state index is 13.3. The van der Waals surface area contributed by atoms with Crippen LogP contribution in [0.1, 0.15) is 10.4 Å². The lowest BCUT2D eigenvalue weighted by Crippen LogP contribution is -2.44. The van der Waals surface area contributed by atoms with Crippen molar-refractivity contribution in [3.05, 3.63) is 66.1 Å². The number of ether oxygens (including phenoxy) is 2. The van der Waals surface area contributed by atoms with E-state index in [-0.39, 0.29) is 5.56 Å². The number of aromatic nitrogens is 2. The number of carbonyl (C=O) groups is 2. The third-order valence-corrected chi connectivity index (χ3v) is 4.37. The molecule has 0 spiro atoms. The molecule has 3 aromatic rings. The largest absolute Gasteiger partial charge is 0.497 e. The Labute approximate surface area is 171 Å². The monoisotopic (exact) mass is 413 g/mol. The van der Waals surface area contributed by atoms with Gasteiger partial charge in [-0.25, -0.2) is 13.9 Å². The van der Waals surface area contributed by atoms with Crippen LogP contribution in [0.4, 0.5) is 4.39 Å². The first-order valence-corrected chi connectivity index (χ1v) is 8.96. The van der Waals surface area contributed by atoms with E-state index in [0.717, 1.165) is 7.11 Å². The number of hydrogen-bond acceptors (Lipinski definition) is 6. The molecule has 2 N–H and O–H groups in total. The lowest BCUT2D eigenvalue weighted by Gasteiger charge is -2.13. The summed E-state index contributed by atoms with van der Waals surface area (Å²) in [7, 11) is 2.68. The van der Waals surface area contributed by atoms with E-state index >= 15 is 0 Å². The SMILES string of the molecule is COC(=O)[C@@H](CO)NC(=O)c1cn(-c2ccc(F)cc2)nc1-c1cccc(OC)c1. The van der Waals surface area contributed by atoms with Gasteiger partial charge in [-0.15, -0.1) is 0 Å². The van der Waals surface area contributed by atoms with Gasteiger partial charge in [0.1, 0.15) is 17.3 Å². The number of esters is 1. The summed E-state index contributed by atoms with van der Waals surface area (Å²) in [6.45, 7) is -0.626. The fraction of sp³-hybridized carbons (Fsp3) is 0.190. The number of amides is 1. The zero-order valence-electron chi connectivity index (χ0n) is 16.3. The topological polar surface area (TPSA) is 103 Å². The van der Waals surface area contributed by atoms with Gasteiger partial charge in [0.2, 0.25) is 0 Å². The molecule has 0 aliphatic rings. The standard InChI is InChI=1S/C21H20FN3O5/c1-29-16-5-3-4-13(10-16)19-17(20(27)23-18(12-26)21(28)30-2)11-25(24-19)15-8-6-14(22)7-9-15/h3-11,18,26H,12H2,1-2H3,(H,23,27)/t18-/m1/s1. The average molecular weight is 413 g/mol. The van der Waals surface area contributed by atoms with Crippen molar-refractivity contribution in [2.24, 2.45) is 0 Å². The summed E-state index contributed by atoms with van der Waals surface area (Å²) >= 11 is 0. The molecule has 2 aromatic carbocycles. The second-order valence-electron chi connectivity index (χ2n) is 6.28. The number of carbonyl (C=O) groups excluding carboxylic acids is 2. The number of methoxy groups -OCH3 is 2. The Morgan fingerprint density at radius 1 is 1.20 bits per heavy atom. The average Bonchev–Trinajstić information content (AvgIpc) is 3.23. The van der Waals surface area contributed by atoms with Gasteiger partial charge in [-0.05, 0) is 36.4 Å². The van der Waals surface area contributed by atoms with Crippen LogP contribution in [0.15, 0.2) is 54.7 Å². The molecule has 30 heavy (non-hydrogen) atoms. The minimum absolute atomic E-state index is 0.148. The quantitative estimate of drug-likeness (QED) is 0.574. The van der Waals surface area contributed by atoms with Crippen molar-refractivity contribution < 1.29 is 28.6 Å². The van der Waals surface area contributed by atoms with E-state index in [1.807, 2.05) is 0 Å². The third-order valence-electron chi connectivity index (χ3n) is 4.37. The van der Waals surface area contributed by atoms with Gasteiger partial charge in [0.05, 0.1) is 32.1 Å². The van der Waals surface area contributed by atoms with Crippen molar-refractivity contribution in [3.8, 4) is 22.7 Å². The summed E-state index contributed by atoms with van der Waals surface area (Å²) < 4.78 is 24.5. The molecule has 9 heteroatoms. The lowest BCUT2D eigenvalue weighted by atomic mass is 10.1. The zero-order chi connectivity index (χ0) is 21.7. The molecule has 0 fully saturated rings. The number of rotatable bonds is 7. The molecular weight excluding hydrogens is 393 g/mol. The lowest BCUT2D eigenvalue weighted by molar-refractivity contribution is -0.143. The molecule has 156 valence electrons. The molecule has 0 unspecified atom stereocenters. The number of benzene rings is 2. The summed E-state index contributed by atoms with van der Waals surface area (Å²) in [5.41, 5.74) is 1.59. The van der Waals surface area contributed by atoms with Gasteiger partial charge in [0, 0.05) is 11.8 Å². The summed E-state index contributed by atoms with van der Waals surface area (Å²) in [5.74, 6) is -1.25. The van der Waals surface area contributed by atoms with E-state index in [4.69, 9.17) is 4.74 Å². The van der Waals surface area contributed by atoms with Crippen LogP contribution in [0.3, 0.4) is 0 Å². The molecule has 1 heterocycles. The molecule has 1 aromatic heterocycles. The van der Waals surface area contributed by atoms with E-state index in [2.05, 4.69) is 15.2 Å². The third kappa shape index (κ3) is 4.47. The fourth-order valence-corrected chi connectivity index (χ4v) is 2.81. The Morgan fingerprint density at radius 2 is 1.93 bits per heavy atom. The van der Waals surface area contributed by atoms with Gasteiger partial charge in [-0.3, -0.25) is 4.79 Å². The first-order chi connectivity index (χ1) is 14.5. The fourth-order valence-electron chi connectivity index (χ4n) is 2.81. The second-order valence-corrected chi connectivity index (χ2v) is 6.28. The zero-order valence-corrected chi connectivity index (χ0v) is 16.3. The van der Waals surface area contributed by atoms with E-state index in [1.54, 1.807) is 24.3 Å². The van der Waals surface area contributed by atoms with Crippen molar-refractivity contribution in [2.75, 3.05) is 20.8 Å². The van der Waals surface area contributed by atoms with Gasteiger partial charge >= 0.3 is 5.97 Å². The molecule has 3 rings (SSSR count). The van der Waals surface area contributed by atoms with E-state index in [0.29, 0.717) is 22.7 Å². The van der Waals surface area contributed by atoms with E-state index in [9.17, 15) is 19.1 Å². The number of aliphatic hydroxyl groups is 1. The van der Waals surface area contributed by atoms with Gasteiger partial charge in [0.15, 0.2) is 6.04 Å². The summed E-state index contributed by atoms with van der Waals surface area (Å²) in [6.07, 6.45) is 1.46. The van der Waals surface area contributed by atoms with Crippen LogP contribution in [0.25, 0.3) is 16.9 Å². The van der Waals surface area contributed by atoms with Crippen LogP contribution < -0.4 is 10.1 Å². The van der Waals surface area contributed by atoms with Crippen LogP contribution in [0.5, 0.6) is 5.75 Å². The van der Waals surface area contributed by atoms with Gasteiger partial charge in [-0.1, -0.05) is 12.1 Å². The summed E-state index contributed by atoms with van der Waals surface area (Å²) in [4.78, 5) is 24.6. The van der Waals surface area contributed by atoms with Crippen LogP contribution in [-0.4, -0.2) is 53.6 Å². The highest BCUT2D eigenvalue weighted by atomic mass is 19.1. The first kappa shape index (κ1) is 21.0. The first-order valence-electron chi connectivity index (χ1n) is 8.96. The molecule has 0 aliphatic carbocycles.